The molecule has 0 radical (unpaired) electrons. The second-order valence-corrected chi connectivity index (χ2v) is 6.26. The van der Waals surface area contributed by atoms with Crippen LogP contribution in [0.25, 0.3) is 17.0 Å². The van der Waals surface area contributed by atoms with E-state index in [0.29, 0.717) is 43.2 Å². The summed E-state index contributed by atoms with van der Waals surface area (Å²) in [5, 5.41) is 0. The van der Waals surface area contributed by atoms with Crippen molar-refractivity contribution in [2.24, 2.45) is 5.73 Å². The molecule has 0 bridgehead atoms. The molecule has 138 valence electrons. The van der Waals surface area contributed by atoms with Crippen molar-refractivity contribution in [2.75, 3.05) is 31.1 Å². The SMILES string of the molecule is CC(=O)N1CCN(c2cncc(-c3cnc4cnc(C(N)=O)cn34)n2)CC1. The Morgan fingerprint density at radius 3 is 2.52 bits per heavy atom. The minimum absolute atomic E-state index is 0.0825. The van der Waals surface area contributed by atoms with Crippen molar-refractivity contribution in [1.82, 2.24) is 29.2 Å². The number of hydrogen-bond acceptors (Lipinski definition) is 7. The molecule has 4 heterocycles. The largest absolute Gasteiger partial charge is 0.364 e. The second-order valence-electron chi connectivity index (χ2n) is 6.26. The van der Waals surface area contributed by atoms with Crippen LogP contribution in [0, 0.1) is 0 Å². The number of carbonyl (C=O) groups is 2. The Kier molecular flexibility index (Phi) is 4.15. The summed E-state index contributed by atoms with van der Waals surface area (Å²) in [5.41, 5.74) is 7.35. The van der Waals surface area contributed by atoms with Gasteiger partial charge in [0.2, 0.25) is 5.91 Å². The number of primary amides is 1. The Morgan fingerprint density at radius 1 is 1.04 bits per heavy atom. The Labute approximate surface area is 154 Å². The molecule has 0 saturated carbocycles. The van der Waals surface area contributed by atoms with Gasteiger partial charge in [-0.05, 0) is 0 Å². The molecule has 0 unspecified atom stereocenters. The normalized spacial score (nSPS) is 14.6. The van der Waals surface area contributed by atoms with Crippen LogP contribution >= 0.6 is 0 Å². The molecule has 0 spiro atoms. The monoisotopic (exact) mass is 366 g/mol. The number of carbonyl (C=O) groups excluding carboxylic acids is 2. The lowest BCUT2D eigenvalue weighted by atomic mass is 10.3. The first-order valence-corrected chi connectivity index (χ1v) is 8.49. The topological polar surface area (TPSA) is 123 Å². The summed E-state index contributed by atoms with van der Waals surface area (Å²) in [6.07, 6.45) is 8.03. The third-order valence-corrected chi connectivity index (χ3v) is 4.58. The van der Waals surface area contributed by atoms with Crippen molar-refractivity contribution in [2.45, 2.75) is 6.92 Å². The molecule has 4 rings (SSSR count). The predicted octanol–water partition coefficient (Wildman–Crippen LogP) is -0.0463. The molecule has 1 aliphatic heterocycles. The van der Waals surface area contributed by atoms with Crippen LogP contribution in [0.5, 0.6) is 0 Å². The van der Waals surface area contributed by atoms with E-state index in [1.54, 1.807) is 36.1 Å². The van der Waals surface area contributed by atoms with Crippen molar-refractivity contribution >= 4 is 23.3 Å². The van der Waals surface area contributed by atoms with Crippen LogP contribution in [0.2, 0.25) is 0 Å². The number of rotatable bonds is 3. The molecule has 2 amide bonds. The van der Waals surface area contributed by atoms with E-state index in [2.05, 4.69) is 19.9 Å². The molecule has 27 heavy (non-hydrogen) atoms. The number of nitrogens with two attached hydrogens (primary N) is 1. The lowest BCUT2D eigenvalue weighted by molar-refractivity contribution is -0.129. The van der Waals surface area contributed by atoms with Crippen molar-refractivity contribution in [3.05, 3.63) is 36.7 Å². The lowest BCUT2D eigenvalue weighted by Crippen LogP contribution is -2.48. The molecule has 0 atom stereocenters. The van der Waals surface area contributed by atoms with Crippen molar-refractivity contribution < 1.29 is 9.59 Å². The zero-order valence-electron chi connectivity index (χ0n) is 14.7. The number of hydrogen-bond donors (Lipinski definition) is 1. The molecule has 3 aromatic heterocycles. The summed E-state index contributed by atoms with van der Waals surface area (Å²) in [5.74, 6) is 0.202. The third-order valence-electron chi connectivity index (χ3n) is 4.58. The van der Waals surface area contributed by atoms with Gasteiger partial charge in [-0.25, -0.2) is 15.0 Å². The molecular formula is C17H18N8O2. The number of aromatic nitrogens is 5. The van der Waals surface area contributed by atoms with Gasteiger partial charge in [-0.15, -0.1) is 0 Å². The molecule has 10 heteroatoms. The van der Waals surface area contributed by atoms with Gasteiger partial charge in [-0.3, -0.25) is 19.0 Å². The molecule has 1 fully saturated rings. The van der Waals surface area contributed by atoms with E-state index in [-0.39, 0.29) is 11.6 Å². The van der Waals surface area contributed by atoms with Crippen molar-refractivity contribution in [3.63, 3.8) is 0 Å². The molecular weight excluding hydrogens is 348 g/mol. The number of nitrogens with zero attached hydrogens (tertiary/aromatic N) is 7. The minimum Gasteiger partial charge on any atom is -0.364 e. The summed E-state index contributed by atoms with van der Waals surface area (Å²) in [4.78, 5) is 44.1. The number of fused-ring (bicyclic) bond motifs is 1. The van der Waals surface area contributed by atoms with Gasteiger partial charge in [-0.2, -0.15) is 0 Å². The second kappa shape index (κ2) is 6.63. The summed E-state index contributed by atoms with van der Waals surface area (Å²) in [6.45, 7) is 4.28. The highest BCUT2D eigenvalue weighted by Gasteiger charge is 2.20. The van der Waals surface area contributed by atoms with Gasteiger partial charge in [0, 0.05) is 39.3 Å². The standard InChI is InChI=1S/C17H18N8O2/c1-11(26)23-2-4-24(5-3-23)16-8-19-6-12(22-16)14-7-21-15-9-20-13(17(18)27)10-25(14)15/h6-10H,2-5H2,1H3,(H2,18,27). The van der Waals surface area contributed by atoms with Gasteiger partial charge < -0.3 is 15.5 Å². The maximum Gasteiger partial charge on any atom is 0.268 e. The Balaban J connectivity index is 1.65. The number of imidazole rings is 1. The van der Waals surface area contributed by atoms with E-state index in [9.17, 15) is 9.59 Å². The summed E-state index contributed by atoms with van der Waals surface area (Å²) in [6, 6.07) is 0. The average molecular weight is 366 g/mol. The van der Waals surface area contributed by atoms with Gasteiger partial charge in [0.1, 0.15) is 17.2 Å². The first-order valence-electron chi connectivity index (χ1n) is 8.49. The summed E-state index contributed by atoms with van der Waals surface area (Å²) >= 11 is 0. The molecule has 1 aliphatic rings. The predicted molar refractivity (Wildman–Crippen MR) is 97.0 cm³/mol. The number of amides is 2. The zero-order valence-corrected chi connectivity index (χ0v) is 14.7. The van der Waals surface area contributed by atoms with Crippen LogP contribution in [0.4, 0.5) is 5.82 Å². The number of piperazine rings is 1. The van der Waals surface area contributed by atoms with Crippen LogP contribution in [-0.4, -0.2) is 67.2 Å². The van der Waals surface area contributed by atoms with E-state index in [1.807, 2.05) is 4.90 Å². The quantitative estimate of drug-likeness (QED) is 0.689. The highest BCUT2D eigenvalue weighted by atomic mass is 16.2. The van der Waals surface area contributed by atoms with E-state index in [4.69, 9.17) is 10.7 Å². The van der Waals surface area contributed by atoms with Gasteiger partial charge in [0.15, 0.2) is 5.65 Å². The van der Waals surface area contributed by atoms with E-state index >= 15 is 0 Å². The van der Waals surface area contributed by atoms with Crippen LogP contribution in [0.1, 0.15) is 17.4 Å². The lowest BCUT2D eigenvalue weighted by Gasteiger charge is -2.34. The highest BCUT2D eigenvalue weighted by molar-refractivity contribution is 5.90. The fourth-order valence-corrected chi connectivity index (χ4v) is 3.09. The molecule has 10 nitrogen and oxygen atoms in total. The smallest absolute Gasteiger partial charge is 0.268 e. The molecule has 0 aliphatic carbocycles. The molecule has 2 N–H and O–H groups in total. The van der Waals surface area contributed by atoms with Crippen molar-refractivity contribution in [3.8, 4) is 11.4 Å². The van der Waals surface area contributed by atoms with E-state index in [1.165, 1.54) is 6.20 Å². The van der Waals surface area contributed by atoms with Gasteiger partial charge in [0.25, 0.3) is 5.91 Å². The van der Waals surface area contributed by atoms with Gasteiger partial charge in [0.05, 0.1) is 30.5 Å². The van der Waals surface area contributed by atoms with Crippen molar-refractivity contribution in [1.29, 1.82) is 0 Å². The maximum absolute atomic E-state index is 11.5. The minimum atomic E-state index is -0.611. The Hall–Kier alpha value is -3.56. The Morgan fingerprint density at radius 2 is 1.81 bits per heavy atom. The van der Waals surface area contributed by atoms with Crippen LogP contribution < -0.4 is 10.6 Å². The average Bonchev–Trinajstić information content (AvgIpc) is 3.11. The molecule has 1 saturated heterocycles. The van der Waals surface area contributed by atoms with Gasteiger partial charge >= 0.3 is 0 Å². The van der Waals surface area contributed by atoms with Crippen LogP contribution in [0.15, 0.2) is 31.0 Å². The van der Waals surface area contributed by atoms with E-state index < -0.39 is 5.91 Å². The highest BCUT2D eigenvalue weighted by Crippen LogP contribution is 2.21. The fourth-order valence-electron chi connectivity index (χ4n) is 3.09. The van der Waals surface area contributed by atoms with Crippen LogP contribution in [0.3, 0.4) is 0 Å². The first kappa shape index (κ1) is 16.9. The molecule has 0 aromatic carbocycles. The fraction of sp³-hybridized carbons (Fsp3) is 0.294. The Bertz CT molecular complexity index is 1020. The first-order chi connectivity index (χ1) is 13.0. The maximum atomic E-state index is 11.5. The third kappa shape index (κ3) is 3.16. The van der Waals surface area contributed by atoms with Gasteiger partial charge in [-0.1, -0.05) is 0 Å². The summed E-state index contributed by atoms with van der Waals surface area (Å²) in [7, 11) is 0. The zero-order chi connectivity index (χ0) is 19.0. The molecule has 3 aromatic rings. The van der Waals surface area contributed by atoms with Crippen LogP contribution in [-0.2, 0) is 4.79 Å². The number of anilines is 1. The van der Waals surface area contributed by atoms with E-state index in [0.717, 1.165) is 5.82 Å². The summed E-state index contributed by atoms with van der Waals surface area (Å²) < 4.78 is 1.72.